The molecule has 5 rings (SSSR count). The first-order valence-corrected chi connectivity index (χ1v) is 61.4. The lowest BCUT2D eigenvalue weighted by Gasteiger charge is -2.46. The maximum atomic E-state index is 3.05. The summed E-state index contributed by atoms with van der Waals surface area (Å²) in [5.74, 6) is 0. The summed E-state index contributed by atoms with van der Waals surface area (Å²) in [7, 11) is -17.9. The molecule has 1 aromatic heterocycles. The lowest BCUT2D eigenvalue weighted by atomic mass is 9.85. The quantitative estimate of drug-likeness (QED) is 0.0864. The van der Waals surface area contributed by atoms with Crippen molar-refractivity contribution in [2.45, 2.75) is 230 Å². The van der Waals surface area contributed by atoms with Gasteiger partial charge in [-0.2, -0.15) is 0 Å². The Kier molecular flexibility index (Phi) is 18.4. The molecule has 0 aliphatic rings. The summed E-state index contributed by atoms with van der Waals surface area (Å²) in [6.07, 6.45) is 0. The van der Waals surface area contributed by atoms with Gasteiger partial charge in [-0.25, -0.2) is 0 Å². The Morgan fingerprint density at radius 3 is 0.824 bits per heavy atom. The molecule has 0 bridgehead atoms. The van der Waals surface area contributed by atoms with E-state index in [4.69, 9.17) is 0 Å². The van der Waals surface area contributed by atoms with Crippen molar-refractivity contribution in [2.24, 2.45) is 0 Å². The van der Waals surface area contributed by atoms with Gasteiger partial charge in [-0.05, 0) is 97.1 Å². The molecule has 4 aromatic carbocycles. The smallest absolute Gasteiger partial charge is 0.0693 e. The molecule has 0 radical (unpaired) electrons. The third-order valence-corrected chi connectivity index (χ3v) is 61.9. The highest BCUT2D eigenvalue weighted by molar-refractivity contribution is 7.16. The van der Waals surface area contributed by atoms with Crippen molar-refractivity contribution in [1.82, 2.24) is 0 Å². The molecular weight excluding hydrogens is 1050 g/mol. The molecule has 0 saturated heterocycles. The normalized spacial score (nSPS) is 14.3. The first kappa shape index (κ1) is 63.4. The standard InChI is InChI=1S/C64H110Si10/c1-63(2,3)50-42-52(59(67(7,8)9)68(10,11)12)57(53(43-50)60(69(13,14)15)70(16,17)18)65-46-49(47-37-33-31-34-38-47)41-56(48-39-35-32-36-40-48)66(65)58-54(61(71(19,20)21)72(22,23)24)44-51(64(4,5)6)45-55(58)62(73(25,26)27)74(28,29)30/h31-46,59-62H,1-30H3. The summed E-state index contributed by atoms with van der Waals surface area (Å²) < 4.78 is 0. The van der Waals surface area contributed by atoms with Crippen molar-refractivity contribution in [1.29, 1.82) is 0 Å². The number of rotatable bonds is 16. The van der Waals surface area contributed by atoms with Gasteiger partial charge >= 0.3 is 0 Å². The molecule has 0 nitrogen and oxygen atoms in total. The van der Waals surface area contributed by atoms with E-state index in [0.717, 1.165) is 0 Å². The molecule has 0 amide bonds. The first-order valence-electron chi connectivity index (χ1n) is 28.7. The van der Waals surface area contributed by atoms with Crippen LogP contribution in [0.1, 0.15) is 95.6 Å². The fourth-order valence-electron chi connectivity index (χ4n) is 15.4. The fourth-order valence-corrected chi connectivity index (χ4v) is 77.9. The van der Waals surface area contributed by atoms with Crippen molar-refractivity contribution < 1.29 is 0 Å². The van der Waals surface area contributed by atoms with Crippen LogP contribution >= 0.6 is 0 Å². The van der Waals surface area contributed by atoms with E-state index in [1.54, 1.807) is 16.3 Å². The van der Waals surface area contributed by atoms with Gasteiger partial charge in [-0.1, -0.05) is 295 Å². The fraction of sp³-hybridized carbons (Fsp3) is 0.562. The summed E-state index contributed by atoms with van der Waals surface area (Å²) >= 11 is 0. The maximum absolute atomic E-state index is 3.05. The largest absolute Gasteiger partial charge is 0.0695 e. The molecule has 0 spiro atoms. The van der Waals surface area contributed by atoms with Crippen LogP contribution in [0.5, 0.6) is 0 Å². The molecule has 5 aromatic rings. The van der Waals surface area contributed by atoms with Gasteiger partial charge in [0.15, 0.2) is 0 Å². The van der Waals surface area contributed by atoms with Gasteiger partial charge < -0.3 is 0 Å². The van der Waals surface area contributed by atoms with Gasteiger partial charge in [-0.3, -0.25) is 0 Å². The van der Waals surface area contributed by atoms with Crippen molar-refractivity contribution in [3.05, 3.63) is 130 Å². The average molecular weight is 1160 g/mol. The Bertz CT molecular complexity index is 2590. The second-order valence-electron chi connectivity index (χ2n) is 33.9. The van der Waals surface area contributed by atoms with Gasteiger partial charge in [0.25, 0.3) is 0 Å². The predicted octanol–water partition coefficient (Wildman–Crippen LogP) is 21.0. The van der Waals surface area contributed by atoms with Gasteiger partial charge in [0.2, 0.25) is 0 Å². The lowest BCUT2D eigenvalue weighted by Crippen LogP contribution is -2.50. The average Bonchev–Trinajstić information content (AvgIpc) is 3.16. The van der Waals surface area contributed by atoms with Crippen molar-refractivity contribution in [3.8, 4) is 32.2 Å². The molecular formula is C64H110Si10. The van der Waals surface area contributed by atoms with E-state index in [0.29, 0.717) is 20.7 Å². The van der Waals surface area contributed by atoms with Crippen LogP contribution in [-0.2, 0) is 10.8 Å². The SMILES string of the molecule is CC(C)(C)c1cc(C([Si](C)(C)C)[Si](C)(C)C)c(-[si]2cc(-c3ccccc3)cc(-c3ccccc3)[si]2-c2c(C([Si](C)(C)C)[Si](C)(C)C)cc(C(C)(C)C)cc2C([Si](C)(C)C)[Si](C)(C)C)c(C([Si](C)(C)C)[Si](C)(C)C)c1. The third-order valence-electron chi connectivity index (χ3n) is 16.2. The van der Waals surface area contributed by atoms with E-state index in [2.05, 4.69) is 295 Å². The molecule has 406 valence electrons. The van der Waals surface area contributed by atoms with Crippen LogP contribution in [0.15, 0.2) is 96.7 Å². The van der Waals surface area contributed by atoms with Crippen molar-refractivity contribution >= 4 is 80.4 Å². The topological polar surface area (TPSA) is 0 Å². The minimum absolute atomic E-state index is 0.0258. The van der Waals surface area contributed by atoms with E-state index in [1.165, 1.54) is 16.7 Å². The Hall–Kier alpha value is -1.47. The van der Waals surface area contributed by atoms with E-state index in [1.807, 2.05) is 32.6 Å². The Labute approximate surface area is 469 Å². The second kappa shape index (κ2) is 21.5. The highest BCUT2D eigenvalue weighted by Crippen LogP contribution is 2.51. The zero-order valence-electron chi connectivity index (χ0n) is 53.5. The molecule has 0 atom stereocenters. The molecule has 0 unspecified atom stereocenters. The van der Waals surface area contributed by atoms with Crippen LogP contribution < -0.4 is 0 Å². The number of hydrogen-bond acceptors (Lipinski definition) is 0. The molecule has 74 heavy (non-hydrogen) atoms. The van der Waals surface area contributed by atoms with E-state index in [9.17, 15) is 0 Å². The van der Waals surface area contributed by atoms with Crippen LogP contribution in [0, 0.1) is 0 Å². The van der Waals surface area contributed by atoms with Crippen LogP contribution in [0.4, 0.5) is 0 Å². The second-order valence-corrected chi connectivity index (χ2v) is 85.2. The molecule has 0 N–H and O–H groups in total. The molecule has 0 aliphatic carbocycles. The van der Waals surface area contributed by atoms with Crippen molar-refractivity contribution in [2.75, 3.05) is 0 Å². The van der Waals surface area contributed by atoms with Crippen molar-refractivity contribution in [3.63, 3.8) is 0 Å². The summed E-state index contributed by atoms with van der Waals surface area (Å²) in [6, 6.07) is 38.2. The minimum atomic E-state index is -1.84. The van der Waals surface area contributed by atoms with Gasteiger partial charge in [-0.15, -0.1) is 0 Å². The summed E-state index contributed by atoms with van der Waals surface area (Å²) in [4.78, 5) is 0. The zero-order chi connectivity index (χ0) is 56.7. The monoisotopic (exact) mass is 1160 g/mol. The highest BCUT2D eigenvalue weighted by Gasteiger charge is 2.49. The highest BCUT2D eigenvalue weighted by atomic mass is 29.0. The van der Waals surface area contributed by atoms with Crippen LogP contribution in [0.2, 0.25) is 157 Å². The zero-order valence-corrected chi connectivity index (χ0v) is 63.5. The van der Waals surface area contributed by atoms with Gasteiger partial charge in [0, 0.05) is 64.6 Å². The van der Waals surface area contributed by atoms with Crippen LogP contribution in [-0.4, -0.2) is 80.4 Å². The van der Waals surface area contributed by atoms with E-state index >= 15 is 0 Å². The molecule has 10 heteroatoms. The summed E-state index contributed by atoms with van der Waals surface area (Å²) in [5, 5.41) is 7.93. The first-order chi connectivity index (χ1) is 33.1. The van der Waals surface area contributed by atoms with Crippen LogP contribution in [0.25, 0.3) is 32.2 Å². The van der Waals surface area contributed by atoms with E-state index in [-0.39, 0.29) is 10.8 Å². The molecule has 0 aliphatic heterocycles. The molecule has 0 fully saturated rings. The summed E-state index contributed by atoms with van der Waals surface area (Å²) in [5.41, 5.74) is 17.8. The van der Waals surface area contributed by atoms with Gasteiger partial charge in [0.05, 0.1) is 15.8 Å². The Morgan fingerprint density at radius 2 is 0.568 bits per heavy atom. The lowest BCUT2D eigenvalue weighted by molar-refractivity contribution is 0.588. The molecule has 0 saturated carbocycles. The van der Waals surface area contributed by atoms with Crippen LogP contribution in [0.3, 0.4) is 0 Å². The van der Waals surface area contributed by atoms with Gasteiger partial charge in [0.1, 0.15) is 0 Å². The maximum Gasteiger partial charge on any atom is 0.0695 e. The Morgan fingerprint density at radius 1 is 0.311 bits per heavy atom. The summed E-state index contributed by atoms with van der Waals surface area (Å²) in [6.45, 7) is 81.2. The minimum Gasteiger partial charge on any atom is -0.0693 e. The van der Waals surface area contributed by atoms with E-state index < -0.39 is 80.4 Å². The molecule has 1 heterocycles. The predicted molar refractivity (Wildman–Crippen MR) is 367 cm³/mol. The number of hydrogen-bond donors (Lipinski definition) is 0. The number of benzene rings is 4. The Balaban J connectivity index is 2.48. The third kappa shape index (κ3) is 14.3.